The third kappa shape index (κ3) is 3.17. The summed E-state index contributed by atoms with van der Waals surface area (Å²) in [6.45, 7) is 0.639. The first-order valence-electron chi connectivity index (χ1n) is 9.85. The van der Waals surface area contributed by atoms with Crippen molar-refractivity contribution >= 4 is 33.8 Å². The lowest BCUT2D eigenvalue weighted by molar-refractivity contribution is -0.118. The van der Waals surface area contributed by atoms with Gasteiger partial charge in [-0.25, -0.2) is 4.98 Å². The Morgan fingerprint density at radius 2 is 1.93 bits per heavy atom. The van der Waals surface area contributed by atoms with Crippen LogP contribution in [0.3, 0.4) is 0 Å². The molecule has 0 fully saturated rings. The van der Waals surface area contributed by atoms with Crippen molar-refractivity contribution in [3.8, 4) is 11.3 Å². The summed E-state index contributed by atoms with van der Waals surface area (Å²) in [5.41, 5.74) is 10.6. The number of fused-ring (bicyclic) bond motifs is 2. The molecule has 0 atom stereocenters. The van der Waals surface area contributed by atoms with Crippen LogP contribution < -0.4 is 10.6 Å². The number of carbonyl (C=O) groups is 2. The molecule has 3 heterocycles. The lowest BCUT2D eigenvalue weighted by Crippen LogP contribution is -2.37. The van der Waals surface area contributed by atoms with E-state index in [-0.39, 0.29) is 12.3 Å². The Labute approximate surface area is 177 Å². The molecule has 0 spiro atoms. The van der Waals surface area contributed by atoms with Crippen LogP contribution in [-0.4, -0.2) is 27.7 Å². The van der Waals surface area contributed by atoms with Crippen LogP contribution in [0.15, 0.2) is 60.1 Å². The van der Waals surface area contributed by atoms with Gasteiger partial charge in [-0.3, -0.25) is 14.0 Å². The SMILES string of the molecule is NC(=O)c1cccc2c1CCCN2C(=O)Cc1csc2nc(-c3ccccc3)cn12. The molecule has 0 radical (unpaired) electrons. The van der Waals surface area contributed by atoms with E-state index in [1.165, 1.54) is 11.3 Å². The maximum absolute atomic E-state index is 13.2. The predicted molar refractivity (Wildman–Crippen MR) is 118 cm³/mol. The first-order chi connectivity index (χ1) is 14.6. The van der Waals surface area contributed by atoms with E-state index in [1.54, 1.807) is 17.0 Å². The minimum Gasteiger partial charge on any atom is -0.366 e. The highest BCUT2D eigenvalue weighted by molar-refractivity contribution is 7.15. The zero-order valence-corrected chi connectivity index (χ0v) is 17.1. The van der Waals surface area contributed by atoms with Gasteiger partial charge in [0, 0.05) is 40.6 Å². The number of benzene rings is 2. The van der Waals surface area contributed by atoms with Crippen LogP contribution in [0, 0.1) is 0 Å². The van der Waals surface area contributed by atoms with E-state index in [0.29, 0.717) is 12.1 Å². The third-order valence-corrected chi connectivity index (χ3v) is 6.39. The second-order valence-electron chi connectivity index (χ2n) is 7.36. The molecular formula is C23H20N4O2S. The van der Waals surface area contributed by atoms with Crippen molar-refractivity contribution in [2.24, 2.45) is 5.73 Å². The Balaban J connectivity index is 1.44. The van der Waals surface area contributed by atoms with Gasteiger partial charge in [0.2, 0.25) is 11.8 Å². The van der Waals surface area contributed by atoms with Crippen molar-refractivity contribution in [3.05, 3.63) is 76.9 Å². The average molecular weight is 417 g/mol. The number of nitrogens with two attached hydrogens (primary N) is 1. The molecule has 0 unspecified atom stereocenters. The Hall–Kier alpha value is -3.45. The Morgan fingerprint density at radius 1 is 1.10 bits per heavy atom. The number of primary amides is 1. The number of thiazole rings is 1. The fraction of sp³-hybridized carbons (Fsp3) is 0.174. The first-order valence-corrected chi connectivity index (χ1v) is 10.7. The number of carbonyl (C=O) groups excluding carboxylic acids is 2. The molecule has 2 aromatic heterocycles. The zero-order valence-electron chi connectivity index (χ0n) is 16.2. The molecule has 0 saturated carbocycles. The van der Waals surface area contributed by atoms with E-state index in [2.05, 4.69) is 0 Å². The van der Waals surface area contributed by atoms with Crippen LogP contribution in [0.5, 0.6) is 0 Å². The van der Waals surface area contributed by atoms with E-state index in [4.69, 9.17) is 10.7 Å². The van der Waals surface area contributed by atoms with Gasteiger partial charge in [0.25, 0.3) is 0 Å². The van der Waals surface area contributed by atoms with Gasteiger partial charge in [-0.1, -0.05) is 36.4 Å². The maximum atomic E-state index is 13.2. The van der Waals surface area contributed by atoms with Gasteiger partial charge in [-0.05, 0) is 30.5 Å². The minimum absolute atomic E-state index is 0.00670. The predicted octanol–water partition coefficient (Wildman–Crippen LogP) is 3.68. The fourth-order valence-corrected chi connectivity index (χ4v) is 4.94. The van der Waals surface area contributed by atoms with E-state index in [1.807, 2.05) is 52.4 Å². The number of amides is 2. The van der Waals surface area contributed by atoms with Gasteiger partial charge in [-0.2, -0.15) is 0 Å². The van der Waals surface area contributed by atoms with Crippen molar-refractivity contribution in [1.29, 1.82) is 0 Å². The normalized spacial score (nSPS) is 13.4. The first kappa shape index (κ1) is 18.6. The van der Waals surface area contributed by atoms with Crippen molar-refractivity contribution in [2.75, 3.05) is 11.4 Å². The number of rotatable bonds is 4. The van der Waals surface area contributed by atoms with Gasteiger partial charge in [-0.15, -0.1) is 11.3 Å². The number of hydrogen-bond acceptors (Lipinski definition) is 4. The molecule has 150 valence electrons. The molecule has 2 aromatic carbocycles. The highest BCUT2D eigenvalue weighted by Crippen LogP contribution is 2.31. The summed E-state index contributed by atoms with van der Waals surface area (Å²) >= 11 is 1.53. The van der Waals surface area contributed by atoms with Crippen molar-refractivity contribution in [2.45, 2.75) is 19.3 Å². The third-order valence-electron chi connectivity index (χ3n) is 5.50. The van der Waals surface area contributed by atoms with Crippen LogP contribution >= 0.6 is 11.3 Å². The summed E-state index contributed by atoms with van der Waals surface area (Å²) < 4.78 is 2.00. The Kier molecular flexibility index (Phi) is 4.59. The zero-order chi connectivity index (χ0) is 20.7. The molecule has 5 rings (SSSR count). The number of anilines is 1. The maximum Gasteiger partial charge on any atom is 0.249 e. The van der Waals surface area contributed by atoms with Crippen molar-refractivity contribution in [3.63, 3.8) is 0 Å². The van der Waals surface area contributed by atoms with Crippen molar-refractivity contribution in [1.82, 2.24) is 9.38 Å². The second kappa shape index (κ2) is 7.42. The lowest BCUT2D eigenvalue weighted by Gasteiger charge is -2.30. The van der Waals surface area contributed by atoms with Gasteiger partial charge in [0.05, 0.1) is 12.1 Å². The van der Waals surface area contributed by atoms with Crippen LogP contribution in [0.2, 0.25) is 0 Å². The largest absolute Gasteiger partial charge is 0.366 e. The molecule has 0 aliphatic carbocycles. The molecular weight excluding hydrogens is 396 g/mol. The van der Waals surface area contributed by atoms with Gasteiger partial charge in [0.15, 0.2) is 4.96 Å². The Bertz CT molecular complexity index is 1260. The summed E-state index contributed by atoms with van der Waals surface area (Å²) in [6, 6.07) is 15.4. The quantitative estimate of drug-likeness (QED) is 0.551. The molecule has 4 aromatic rings. The fourth-order valence-electron chi connectivity index (χ4n) is 4.07. The highest BCUT2D eigenvalue weighted by Gasteiger charge is 2.26. The number of hydrogen-bond donors (Lipinski definition) is 1. The highest BCUT2D eigenvalue weighted by atomic mass is 32.1. The molecule has 1 aliphatic heterocycles. The van der Waals surface area contributed by atoms with Gasteiger partial charge in [0.1, 0.15) is 0 Å². The number of imidazole rings is 1. The Morgan fingerprint density at radius 3 is 2.73 bits per heavy atom. The summed E-state index contributed by atoms with van der Waals surface area (Å²) in [4.78, 5) is 32.3. The average Bonchev–Trinajstić information content (AvgIpc) is 3.35. The summed E-state index contributed by atoms with van der Waals surface area (Å²) in [6.07, 6.45) is 3.82. The minimum atomic E-state index is -0.451. The summed E-state index contributed by atoms with van der Waals surface area (Å²) in [5.74, 6) is -0.445. The van der Waals surface area contributed by atoms with Gasteiger partial charge >= 0.3 is 0 Å². The molecule has 30 heavy (non-hydrogen) atoms. The summed E-state index contributed by atoms with van der Waals surface area (Å²) in [5, 5.41) is 1.99. The second-order valence-corrected chi connectivity index (χ2v) is 8.20. The number of aromatic nitrogens is 2. The number of nitrogens with zero attached hydrogens (tertiary/aromatic N) is 3. The molecule has 2 amide bonds. The molecule has 2 N–H and O–H groups in total. The monoisotopic (exact) mass is 416 g/mol. The lowest BCUT2D eigenvalue weighted by atomic mass is 9.95. The van der Waals surface area contributed by atoms with Crippen LogP contribution in [0.25, 0.3) is 16.2 Å². The van der Waals surface area contributed by atoms with E-state index >= 15 is 0 Å². The van der Waals surface area contributed by atoms with Crippen LogP contribution in [0.1, 0.15) is 28.0 Å². The summed E-state index contributed by atoms with van der Waals surface area (Å²) in [7, 11) is 0. The van der Waals surface area contributed by atoms with Crippen LogP contribution in [0.4, 0.5) is 5.69 Å². The molecule has 1 aliphatic rings. The van der Waals surface area contributed by atoms with Crippen molar-refractivity contribution < 1.29 is 9.59 Å². The smallest absolute Gasteiger partial charge is 0.249 e. The van der Waals surface area contributed by atoms with Crippen LogP contribution in [-0.2, 0) is 17.6 Å². The molecule has 6 nitrogen and oxygen atoms in total. The molecule has 0 saturated heterocycles. The standard InChI is InChI=1S/C23H20N4O2S/c24-22(29)18-8-4-10-20-17(18)9-5-11-26(20)21(28)12-16-14-30-23-25-19(13-27(16)23)15-6-2-1-3-7-15/h1-4,6-8,10,13-14H,5,9,11-12H2,(H2,24,29). The topological polar surface area (TPSA) is 80.7 Å². The molecule has 0 bridgehead atoms. The van der Waals surface area contributed by atoms with E-state index in [9.17, 15) is 9.59 Å². The molecule has 7 heteroatoms. The van der Waals surface area contributed by atoms with Gasteiger partial charge < -0.3 is 10.6 Å². The van der Waals surface area contributed by atoms with E-state index < -0.39 is 5.91 Å². The van der Waals surface area contributed by atoms with E-state index in [0.717, 1.165) is 46.0 Å².